The highest BCUT2D eigenvalue weighted by molar-refractivity contribution is 7.71. The molecule has 0 aromatic carbocycles. The van der Waals surface area contributed by atoms with E-state index in [0.717, 1.165) is 5.69 Å². The molecule has 1 amide bonds. The molecule has 0 saturated heterocycles. The molecule has 0 aliphatic carbocycles. The first-order chi connectivity index (χ1) is 6.63. The Kier molecular flexibility index (Phi) is 3.88. The molecule has 1 aromatic rings. The summed E-state index contributed by atoms with van der Waals surface area (Å²) >= 11 is 5.07. The fraction of sp³-hybridized carbons (Fsp3) is 0.556. The van der Waals surface area contributed by atoms with E-state index in [9.17, 15) is 4.79 Å². The van der Waals surface area contributed by atoms with Gasteiger partial charge in [-0.05, 0) is 26.1 Å². The number of hydrogen-bond acceptors (Lipinski definition) is 2. The van der Waals surface area contributed by atoms with Crippen LogP contribution in [0.3, 0.4) is 0 Å². The molecule has 0 saturated carbocycles. The molecule has 0 radical (unpaired) electrons. The number of nitrogens with one attached hydrogen (secondary N) is 2. The van der Waals surface area contributed by atoms with E-state index in [1.54, 1.807) is 0 Å². The molecule has 2 N–H and O–H groups in total. The van der Waals surface area contributed by atoms with Crippen molar-refractivity contribution in [3.63, 3.8) is 0 Å². The van der Waals surface area contributed by atoms with E-state index in [-0.39, 0.29) is 5.91 Å². The first kappa shape index (κ1) is 11.0. The molecule has 0 aliphatic rings. The van der Waals surface area contributed by atoms with Gasteiger partial charge in [-0.3, -0.25) is 4.79 Å². The largest absolute Gasteiger partial charge is 0.356 e. The van der Waals surface area contributed by atoms with Crippen LogP contribution in [0.15, 0.2) is 6.20 Å². The summed E-state index contributed by atoms with van der Waals surface area (Å²) < 4.78 is 2.55. The molecule has 0 unspecified atom stereocenters. The van der Waals surface area contributed by atoms with E-state index in [0.29, 0.717) is 24.3 Å². The summed E-state index contributed by atoms with van der Waals surface area (Å²) in [5, 5.41) is 2.75. The molecule has 1 aromatic heterocycles. The predicted molar refractivity (Wildman–Crippen MR) is 57.7 cm³/mol. The summed E-state index contributed by atoms with van der Waals surface area (Å²) in [4.78, 5) is 14.2. The number of aromatic amines is 1. The maximum Gasteiger partial charge on any atom is 0.221 e. The summed E-state index contributed by atoms with van der Waals surface area (Å²) in [7, 11) is 0. The first-order valence-electron chi connectivity index (χ1n) is 4.66. The summed E-state index contributed by atoms with van der Waals surface area (Å²) in [6.45, 7) is 5.16. The van der Waals surface area contributed by atoms with Crippen LogP contribution in [0, 0.1) is 11.7 Å². The third kappa shape index (κ3) is 2.99. The number of carbonyl (C=O) groups is 1. The van der Waals surface area contributed by atoms with E-state index < -0.39 is 0 Å². The molecule has 1 rings (SSSR count). The molecule has 5 heteroatoms. The van der Waals surface area contributed by atoms with Gasteiger partial charge < -0.3 is 14.9 Å². The fourth-order valence-electron chi connectivity index (χ4n) is 1.24. The Balaban J connectivity index is 2.49. The van der Waals surface area contributed by atoms with Crippen LogP contribution in [0.2, 0.25) is 0 Å². The van der Waals surface area contributed by atoms with E-state index in [2.05, 4.69) is 10.3 Å². The summed E-state index contributed by atoms with van der Waals surface area (Å²) in [6.07, 6.45) is 2.39. The van der Waals surface area contributed by atoms with Gasteiger partial charge in [-0.15, -0.1) is 0 Å². The van der Waals surface area contributed by atoms with Crippen molar-refractivity contribution >= 4 is 18.1 Å². The zero-order valence-corrected chi connectivity index (χ0v) is 9.28. The summed E-state index contributed by atoms with van der Waals surface area (Å²) in [5.41, 5.74) is 1.02. The lowest BCUT2D eigenvalue weighted by Gasteiger charge is -2.02. The van der Waals surface area contributed by atoms with Gasteiger partial charge >= 0.3 is 0 Å². The zero-order chi connectivity index (χ0) is 10.6. The Morgan fingerprint density at radius 2 is 2.43 bits per heavy atom. The van der Waals surface area contributed by atoms with Crippen molar-refractivity contribution < 1.29 is 4.79 Å². The average molecular weight is 213 g/mol. The van der Waals surface area contributed by atoms with Crippen LogP contribution >= 0.6 is 12.2 Å². The highest BCUT2D eigenvalue weighted by Crippen LogP contribution is 1.98. The van der Waals surface area contributed by atoms with Gasteiger partial charge in [0.2, 0.25) is 5.91 Å². The Hall–Kier alpha value is -1.10. The fourth-order valence-corrected chi connectivity index (χ4v) is 1.54. The number of nitrogens with zero attached hydrogens (tertiary/aromatic N) is 1. The molecule has 14 heavy (non-hydrogen) atoms. The third-order valence-corrected chi connectivity index (χ3v) is 2.20. The minimum absolute atomic E-state index is 0.0632. The van der Waals surface area contributed by atoms with E-state index >= 15 is 0 Å². The van der Waals surface area contributed by atoms with Crippen LogP contribution in [0.4, 0.5) is 0 Å². The molecule has 0 spiro atoms. The lowest BCUT2D eigenvalue weighted by Crippen LogP contribution is -2.23. The molecule has 4 nitrogen and oxygen atoms in total. The number of aryl methyl sites for hydroxylation is 2. The van der Waals surface area contributed by atoms with E-state index in [1.807, 2.05) is 24.6 Å². The highest BCUT2D eigenvalue weighted by atomic mass is 32.1. The summed E-state index contributed by atoms with van der Waals surface area (Å²) in [5.74, 6) is 0.0632. The number of rotatable bonds is 4. The molecular formula is C9H15N3OS. The first-order valence-corrected chi connectivity index (χ1v) is 5.07. The second kappa shape index (κ2) is 4.95. The normalized spacial score (nSPS) is 10.1. The molecule has 78 valence electrons. The van der Waals surface area contributed by atoms with Gasteiger partial charge in [0, 0.05) is 31.4 Å². The lowest BCUT2D eigenvalue weighted by atomic mass is 10.4. The van der Waals surface area contributed by atoms with Crippen molar-refractivity contribution in [2.45, 2.75) is 26.8 Å². The van der Waals surface area contributed by atoms with Gasteiger partial charge in [0.25, 0.3) is 0 Å². The number of amides is 1. The molecule has 0 aliphatic heterocycles. The van der Waals surface area contributed by atoms with Crippen molar-refractivity contribution in [1.82, 2.24) is 14.9 Å². The van der Waals surface area contributed by atoms with Crippen molar-refractivity contribution in [2.24, 2.45) is 0 Å². The van der Waals surface area contributed by atoms with Gasteiger partial charge in [0.1, 0.15) is 0 Å². The molecule has 1 heterocycles. The predicted octanol–water partition coefficient (Wildman–Crippen LogP) is 1.38. The summed E-state index contributed by atoms with van der Waals surface area (Å²) in [6, 6.07) is 0. The van der Waals surface area contributed by atoms with Gasteiger partial charge in [0.15, 0.2) is 4.77 Å². The quantitative estimate of drug-likeness (QED) is 0.742. The Morgan fingerprint density at radius 3 is 2.93 bits per heavy atom. The van der Waals surface area contributed by atoms with Crippen LogP contribution < -0.4 is 5.32 Å². The standard InChI is InChI=1S/C9H15N3OS/c1-3-10-8(13)4-5-12-6-7(2)11-9(12)14/h6H,3-5H2,1-2H3,(H,10,13)(H,11,14). The van der Waals surface area contributed by atoms with Gasteiger partial charge in [-0.2, -0.15) is 0 Å². The second-order valence-corrected chi connectivity index (χ2v) is 3.53. The maximum absolute atomic E-state index is 11.2. The monoisotopic (exact) mass is 213 g/mol. The van der Waals surface area contributed by atoms with Crippen LogP contribution in [-0.2, 0) is 11.3 Å². The number of hydrogen-bond donors (Lipinski definition) is 2. The lowest BCUT2D eigenvalue weighted by molar-refractivity contribution is -0.121. The van der Waals surface area contributed by atoms with Crippen LogP contribution in [-0.4, -0.2) is 22.0 Å². The van der Waals surface area contributed by atoms with Crippen molar-refractivity contribution in [1.29, 1.82) is 0 Å². The number of carbonyl (C=O) groups excluding carboxylic acids is 1. The Labute approximate surface area is 88.3 Å². The molecular weight excluding hydrogens is 198 g/mol. The van der Waals surface area contributed by atoms with Crippen LogP contribution in [0.25, 0.3) is 0 Å². The SMILES string of the molecule is CCNC(=O)CCn1cc(C)[nH]c1=S. The molecule has 0 bridgehead atoms. The van der Waals surface area contributed by atoms with Crippen LogP contribution in [0.1, 0.15) is 19.0 Å². The zero-order valence-electron chi connectivity index (χ0n) is 8.46. The minimum Gasteiger partial charge on any atom is -0.356 e. The number of H-pyrrole nitrogens is 1. The molecule has 0 atom stereocenters. The van der Waals surface area contributed by atoms with Gasteiger partial charge in [0.05, 0.1) is 0 Å². The highest BCUT2D eigenvalue weighted by Gasteiger charge is 2.01. The van der Waals surface area contributed by atoms with Crippen LogP contribution in [0.5, 0.6) is 0 Å². The number of imidazole rings is 1. The Morgan fingerprint density at radius 1 is 1.71 bits per heavy atom. The van der Waals surface area contributed by atoms with E-state index in [1.165, 1.54) is 0 Å². The van der Waals surface area contributed by atoms with Crippen molar-refractivity contribution in [3.8, 4) is 0 Å². The maximum atomic E-state index is 11.2. The van der Waals surface area contributed by atoms with Gasteiger partial charge in [-0.25, -0.2) is 0 Å². The molecule has 0 fully saturated rings. The average Bonchev–Trinajstić information content (AvgIpc) is 2.42. The number of aromatic nitrogens is 2. The van der Waals surface area contributed by atoms with Crippen molar-refractivity contribution in [2.75, 3.05) is 6.54 Å². The Bertz CT molecular complexity index is 366. The minimum atomic E-state index is 0.0632. The van der Waals surface area contributed by atoms with Gasteiger partial charge in [-0.1, -0.05) is 0 Å². The van der Waals surface area contributed by atoms with Crippen molar-refractivity contribution in [3.05, 3.63) is 16.7 Å². The second-order valence-electron chi connectivity index (χ2n) is 3.14. The smallest absolute Gasteiger partial charge is 0.221 e. The topological polar surface area (TPSA) is 49.8 Å². The van der Waals surface area contributed by atoms with E-state index in [4.69, 9.17) is 12.2 Å². The third-order valence-electron chi connectivity index (χ3n) is 1.87.